The van der Waals surface area contributed by atoms with Gasteiger partial charge >= 0.3 is 0 Å². The largest absolute Gasteiger partial charge is 0.294 e. The van der Waals surface area contributed by atoms with Gasteiger partial charge in [0, 0.05) is 4.47 Å². The highest BCUT2D eigenvalue weighted by molar-refractivity contribution is 9.10. The Morgan fingerprint density at radius 3 is 2.75 bits per heavy atom. The number of rotatable bonds is 2. The molecule has 3 rings (SSSR count). The van der Waals surface area contributed by atoms with E-state index in [1.54, 1.807) is 0 Å². The summed E-state index contributed by atoms with van der Waals surface area (Å²) in [5.74, 6) is 1.13. The fraction of sp³-hybridized carbons (Fsp3) is 0.133. The first kappa shape index (κ1) is 13.9. The van der Waals surface area contributed by atoms with Crippen LogP contribution in [0.4, 0.5) is 0 Å². The van der Waals surface area contributed by atoms with Crippen LogP contribution in [0.3, 0.4) is 0 Å². The minimum atomic E-state index is 0.334. The quantitative estimate of drug-likeness (QED) is 0.546. The average Bonchev–Trinajstić information content (AvgIpc) is 2.79. The Morgan fingerprint density at radius 2 is 2.05 bits per heavy atom. The van der Waals surface area contributed by atoms with E-state index in [9.17, 15) is 0 Å². The number of nitrogens with zero attached hydrogens (tertiary/aromatic N) is 2. The van der Waals surface area contributed by atoms with Crippen LogP contribution < -0.4 is 0 Å². The molecule has 20 heavy (non-hydrogen) atoms. The second-order valence-corrected chi connectivity index (χ2v) is 6.13. The van der Waals surface area contributed by atoms with Crippen molar-refractivity contribution in [3.05, 3.63) is 57.3 Å². The van der Waals surface area contributed by atoms with Crippen molar-refractivity contribution in [2.45, 2.75) is 12.8 Å². The summed E-state index contributed by atoms with van der Waals surface area (Å²) in [6.45, 7) is 2.06. The third-order valence-corrected chi connectivity index (χ3v) is 4.25. The van der Waals surface area contributed by atoms with E-state index in [1.807, 2.05) is 34.9 Å². The third kappa shape index (κ3) is 2.24. The van der Waals surface area contributed by atoms with Crippen LogP contribution in [0.15, 0.2) is 40.9 Å². The zero-order valence-electron chi connectivity index (χ0n) is 10.7. The van der Waals surface area contributed by atoms with Crippen LogP contribution in [-0.4, -0.2) is 9.55 Å². The molecule has 3 aromatic rings. The van der Waals surface area contributed by atoms with Gasteiger partial charge in [-0.3, -0.25) is 4.57 Å². The lowest BCUT2D eigenvalue weighted by atomic mass is 10.2. The molecule has 5 heteroatoms. The SMILES string of the molecule is Cc1cc(Br)ccc1-n1c(CCl)nc2cccc(Cl)c21. The van der Waals surface area contributed by atoms with Crippen LogP contribution in [0.1, 0.15) is 11.4 Å². The number of imidazole rings is 1. The zero-order chi connectivity index (χ0) is 14.3. The minimum absolute atomic E-state index is 0.334. The molecular formula is C15H11BrCl2N2. The first-order valence-corrected chi connectivity index (χ1v) is 7.80. The van der Waals surface area contributed by atoms with Crippen molar-refractivity contribution in [3.8, 4) is 5.69 Å². The molecular weight excluding hydrogens is 359 g/mol. The highest BCUT2D eigenvalue weighted by atomic mass is 79.9. The molecule has 2 nitrogen and oxygen atoms in total. The first-order valence-electron chi connectivity index (χ1n) is 6.10. The molecule has 0 N–H and O–H groups in total. The number of para-hydroxylation sites is 1. The molecule has 0 saturated carbocycles. The average molecular weight is 370 g/mol. The third-order valence-electron chi connectivity index (χ3n) is 3.22. The summed E-state index contributed by atoms with van der Waals surface area (Å²) in [5, 5.41) is 0.675. The molecule has 1 aromatic heterocycles. The number of halogens is 3. The monoisotopic (exact) mass is 368 g/mol. The first-order chi connectivity index (χ1) is 9.61. The van der Waals surface area contributed by atoms with Crippen molar-refractivity contribution in [1.82, 2.24) is 9.55 Å². The number of fused-ring (bicyclic) bond motifs is 1. The van der Waals surface area contributed by atoms with Gasteiger partial charge in [0.25, 0.3) is 0 Å². The van der Waals surface area contributed by atoms with Crippen molar-refractivity contribution in [1.29, 1.82) is 0 Å². The van der Waals surface area contributed by atoms with E-state index in [2.05, 4.69) is 33.9 Å². The van der Waals surface area contributed by atoms with E-state index in [4.69, 9.17) is 23.2 Å². The zero-order valence-corrected chi connectivity index (χ0v) is 13.8. The number of benzene rings is 2. The van der Waals surface area contributed by atoms with Gasteiger partial charge in [-0.15, -0.1) is 11.6 Å². The van der Waals surface area contributed by atoms with Crippen molar-refractivity contribution in [2.24, 2.45) is 0 Å². The molecule has 0 saturated heterocycles. The van der Waals surface area contributed by atoms with Crippen LogP contribution in [0.2, 0.25) is 5.02 Å². The summed E-state index contributed by atoms with van der Waals surface area (Å²) >= 11 is 15.9. The summed E-state index contributed by atoms with van der Waals surface area (Å²) < 4.78 is 3.08. The van der Waals surface area contributed by atoms with Crippen LogP contribution in [0.25, 0.3) is 16.7 Å². The molecule has 0 spiro atoms. The normalized spacial score (nSPS) is 11.2. The second-order valence-electron chi connectivity index (χ2n) is 4.54. The molecule has 0 unspecified atom stereocenters. The van der Waals surface area contributed by atoms with E-state index in [1.165, 1.54) is 0 Å². The van der Waals surface area contributed by atoms with Gasteiger partial charge in [0.1, 0.15) is 5.82 Å². The van der Waals surface area contributed by atoms with Crippen molar-refractivity contribution in [3.63, 3.8) is 0 Å². The van der Waals surface area contributed by atoms with E-state index >= 15 is 0 Å². The maximum Gasteiger partial charge on any atom is 0.129 e. The Morgan fingerprint density at radius 1 is 1.25 bits per heavy atom. The van der Waals surface area contributed by atoms with E-state index in [-0.39, 0.29) is 0 Å². The standard InChI is InChI=1S/C15H11BrCl2N2/c1-9-7-10(16)5-6-13(9)20-14(8-17)19-12-4-2-3-11(18)15(12)20/h2-7H,8H2,1H3. The van der Waals surface area contributed by atoms with E-state index < -0.39 is 0 Å². The number of hydrogen-bond donors (Lipinski definition) is 0. The molecule has 0 radical (unpaired) electrons. The molecule has 102 valence electrons. The summed E-state index contributed by atoms with van der Waals surface area (Å²) in [4.78, 5) is 4.57. The van der Waals surface area contributed by atoms with Gasteiger partial charge in [-0.1, -0.05) is 33.6 Å². The molecule has 2 aromatic carbocycles. The smallest absolute Gasteiger partial charge is 0.129 e. The number of aryl methyl sites for hydroxylation is 1. The maximum absolute atomic E-state index is 6.35. The maximum atomic E-state index is 6.35. The molecule has 0 amide bonds. The van der Waals surface area contributed by atoms with Crippen molar-refractivity contribution in [2.75, 3.05) is 0 Å². The second kappa shape index (κ2) is 5.40. The van der Waals surface area contributed by atoms with Crippen LogP contribution in [-0.2, 0) is 5.88 Å². The van der Waals surface area contributed by atoms with Gasteiger partial charge in [-0.05, 0) is 42.8 Å². The van der Waals surface area contributed by atoms with Gasteiger partial charge in [0.15, 0.2) is 0 Å². The van der Waals surface area contributed by atoms with Crippen molar-refractivity contribution >= 4 is 50.2 Å². The summed E-state index contributed by atoms with van der Waals surface area (Å²) in [7, 11) is 0. The minimum Gasteiger partial charge on any atom is -0.294 e. The number of alkyl halides is 1. The Hall–Kier alpha value is -1.03. The molecule has 0 aliphatic rings. The molecule has 0 aliphatic carbocycles. The van der Waals surface area contributed by atoms with Crippen LogP contribution in [0.5, 0.6) is 0 Å². The van der Waals surface area contributed by atoms with Gasteiger partial charge < -0.3 is 0 Å². The Bertz CT molecular complexity index is 796. The Kier molecular flexibility index (Phi) is 3.76. The predicted molar refractivity (Wildman–Crippen MR) is 88.1 cm³/mol. The van der Waals surface area contributed by atoms with E-state index in [0.29, 0.717) is 10.9 Å². The molecule has 0 fully saturated rings. The fourth-order valence-electron chi connectivity index (χ4n) is 2.35. The van der Waals surface area contributed by atoms with Crippen molar-refractivity contribution < 1.29 is 0 Å². The molecule has 0 aliphatic heterocycles. The summed E-state index contributed by atoms with van der Waals surface area (Å²) in [5.41, 5.74) is 3.93. The van der Waals surface area contributed by atoms with Gasteiger partial charge in [-0.25, -0.2) is 4.98 Å². The molecule has 1 heterocycles. The van der Waals surface area contributed by atoms with Gasteiger partial charge in [-0.2, -0.15) is 0 Å². The number of hydrogen-bond acceptors (Lipinski definition) is 1. The lowest BCUT2D eigenvalue weighted by Crippen LogP contribution is -2.01. The molecule has 0 atom stereocenters. The van der Waals surface area contributed by atoms with Gasteiger partial charge in [0.2, 0.25) is 0 Å². The highest BCUT2D eigenvalue weighted by Gasteiger charge is 2.15. The Labute approximate surface area is 135 Å². The summed E-state index contributed by atoms with van der Waals surface area (Å²) in [6.07, 6.45) is 0. The van der Waals surface area contributed by atoms with Crippen LogP contribution >= 0.6 is 39.1 Å². The lowest BCUT2D eigenvalue weighted by Gasteiger charge is -2.12. The summed E-state index contributed by atoms with van der Waals surface area (Å²) in [6, 6.07) is 11.8. The highest BCUT2D eigenvalue weighted by Crippen LogP contribution is 2.30. The number of aromatic nitrogens is 2. The molecule has 0 bridgehead atoms. The lowest BCUT2D eigenvalue weighted by molar-refractivity contribution is 0.972. The Balaban J connectivity index is 2.39. The van der Waals surface area contributed by atoms with Crippen LogP contribution in [0, 0.1) is 6.92 Å². The predicted octanol–water partition coefficient (Wildman–Crippen LogP) is 5.49. The fourth-order valence-corrected chi connectivity index (χ4v) is 3.26. The topological polar surface area (TPSA) is 17.8 Å². The van der Waals surface area contributed by atoms with Gasteiger partial charge in [0.05, 0.1) is 27.6 Å². The van der Waals surface area contributed by atoms with E-state index in [0.717, 1.165) is 32.6 Å².